The van der Waals surface area contributed by atoms with E-state index in [4.69, 9.17) is 14.2 Å². The molecule has 2 aromatic rings. The fourth-order valence-corrected chi connectivity index (χ4v) is 5.15. The standard InChI is InChI=1S/C23H27N3O5/c1-14-12-25(13-15(2)29-14)11-10-17-19-9-8-18-20(17)21(31-23(28)22(27)30-19)24-26(18)16-6-4-3-5-7-16/h3-7,14-15,17,19H,8-13H2,1-2H3. The van der Waals surface area contributed by atoms with E-state index < -0.39 is 11.9 Å². The number of carbonyl (C=O) groups is 2. The molecule has 5 rings (SSSR count). The van der Waals surface area contributed by atoms with Gasteiger partial charge in [-0.15, -0.1) is 5.10 Å². The van der Waals surface area contributed by atoms with Gasteiger partial charge in [0, 0.05) is 24.6 Å². The average Bonchev–Trinajstić information content (AvgIpc) is 3.09. The van der Waals surface area contributed by atoms with Gasteiger partial charge in [-0.3, -0.25) is 4.90 Å². The predicted octanol–water partition coefficient (Wildman–Crippen LogP) is 2.23. The number of aromatic nitrogens is 2. The van der Waals surface area contributed by atoms with Crippen LogP contribution in [0.3, 0.4) is 0 Å². The van der Waals surface area contributed by atoms with Gasteiger partial charge < -0.3 is 14.2 Å². The molecular weight excluding hydrogens is 398 g/mol. The first kappa shape index (κ1) is 20.2. The van der Waals surface area contributed by atoms with Crippen molar-refractivity contribution in [1.29, 1.82) is 0 Å². The maximum atomic E-state index is 12.2. The van der Waals surface area contributed by atoms with E-state index in [2.05, 4.69) is 23.8 Å². The van der Waals surface area contributed by atoms with E-state index in [1.807, 2.05) is 35.0 Å². The van der Waals surface area contributed by atoms with Crippen molar-refractivity contribution in [2.75, 3.05) is 19.6 Å². The van der Waals surface area contributed by atoms with Gasteiger partial charge in [0.05, 0.1) is 23.6 Å². The molecule has 164 valence electrons. The first-order valence-corrected chi connectivity index (χ1v) is 11.0. The lowest BCUT2D eigenvalue weighted by Gasteiger charge is -2.38. The molecule has 0 N–H and O–H groups in total. The molecule has 0 saturated carbocycles. The number of carbonyl (C=O) groups excluding carboxylic acids is 2. The molecule has 1 aromatic heterocycles. The Morgan fingerprint density at radius 1 is 1.06 bits per heavy atom. The fraction of sp³-hybridized carbons (Fsp3) is 0.522. The molecule has 3 aliphatic rings. The minimum absolute atomic E-state index is 0.0679. The van der Waals surface area contributed by atoms with Gasteiger partial charge in [0.1, 0.15) is 6.10 Å². The minimum Gasteiger partial charge on any atom is -0.453 e. The third-order valence-corrected chi connectivity index (χ3v) is 6.34. The van der Waals surface area contributed by atoms with Crippen molar-refractivity contribution in [2.45, 2.75) is 57.3 Å². The van der Waals surface area contributed by atoms with Crippen LogP contribution in [0.4, 0.5) is 0 Å². The smallest absolute Gasteiger partial charge is 0.424 e. The Balaban J connectivity index is 1.49. The lowest BCUT2D eigenvalue weighted by atomic mass is 9.81. The molecule has 1 saturated heterocycles. The second-order valence-electron chi connectivity index (χ2n) is 8.70. The van der Waals surface area contributed by atoms with Crippen molar-refractivity contribution in [3.05, 3.63) is 41.6 Å². The Bertz CT molecular complexity index is 979. The van der Waals surface area contributed by atoms with E-state index in [0.29, 0.717) is 12.8 Å². The number of hydrogen-bond acceptors (Lipinski definition) is 7. The van der Waals surface area contributed by atoms with Crippen LogP contribution >= 0.6 is 0 Å². The summed E-state index contributed by atoms with van der Waals surface area (Å²) in [6, 6.07) is 9.78. The summed E-state index contributed by atoms with van der Waals surface area (Å²) in [4.78, 5) is 26.8. The SMILES string of the molecule is CC1CN(CCC2c3c4nn(-c5ccccc5)c3CCC2OC(=O)C(=O)O4)CC(C)O1. The average molecular weight is 425 g/mol. The molecule has 0 spiro atoms. The van der Waals surface area contributed by atoms with Crippen LogP contribution < -0.4 is 4.74 Å². The Morgan fingerprint density at radius 2 is 1.81 bits per heavy atom. The van der Waals surface area contributed by atoms with Crippen LogP contribution in [0.25, 0.3) is 5.69 Å². The van der Waals surface area contributed by atoms with E-state index >= 15 is 0 Å². The fourth-order valence-electron chi connectivity index (χ4n) is 5.15. The van der Waals surface area contributed by atoms with E-state index in [0.717, 1.165) is 43.0 Å². The second-order valence-corrected chi connectivity index (χ2v) is 8.70. The highest BCUT2D eigenvalue weighted by Gasteiger charge is 2.42. The Labute approximate surface area is 181 Å². The highest BCUT2D eigenvalue weighted by molar-refractivity contribution is 6.30. The second kappa shape index (κ2) is 8.09. The Morgan fingerprint density at radius 3 is 2.55 bits per heavy atom. The topological polar surface area (TPSA) is 82.9 Å². The van der Waals surface area contributed by atoms with Gasteiger partial charge in [-0.2, -0.15) is 0 Å². The zero-order chi connectivity index (χ0) is 21.5. The third-order valence-electron chi connectivity index (χ3n) is 6.34. The quantitative estimate of drug-likeness (QED) is 0.549. The molecule has 2 bridgehead atoms. The monoisotopic (exact) mass is 425 g/mol. The molecule has 3 heterocycles. The molecule has 4 unspecified atom stereocenters. The number of esters is 2. The van der Waals surface area contributed by atoms with Crippen molar-refractivity contribution in [3.63, 3.8) is 0 Å². The Kier molecular flexibility index (Phi) is 5.27. The van der Waals surface area contributed by atoms with E-state index in [9.17, 15) is 9.59 Å². The molecule has 1 aromatic carbocycles. The molecule has 1 fully saturated rings. The van der Waals surface area contributed by atoms with Crippen LogP contribution in [0.2, 0.25) is 0 Å². The predicted molar refractivity (Wildman–Crippen MR) is 111 cm³/mol. The summed E-state index contributed by atoms with van der Waals surface area (Å²) in [7, 11) is 0. The van der Waals surface area contributed by atoms with Crippen molar-refractivity contribution >= 4 is 11.9 Å². The van der Waals surface area contributed by atoms with Gasteiger partial charge in [-0.1, -0.05) is 18.2 Å². The molecular formula is C23H27N3O5. The number of fused-ring (bicyclic) bond motifs is 1. The summed E-state index contributed by atoms with van der Waals surface area (Å²) in [5.74, 6) is -1.78. The summed E-state index contributed by atoms with van der Waals surface area (Å²) in [6.07, 6.45) is 2.18. The molecule has 1 aliphatic carbocycles. The molecule has 8 nitrogen and oxygen atoms in total. The first-order chi connectivity index (χ1) is 15.0. The summed E-state index contributed by atoms with van der Waals surface area (Å²) in [5.41, 5.74) is 2.83. The van der Waals surface area contributed by atoms with E-state index in [-0.39, 0.29) is 30.1 Å². The molecule has 31 heavy (non-hydrogen) atoms. The zero-order valence-corrected chi connectivity index (χ0v) is 17.8. The van der Waals surface area contributed by atoms with Crippen molar-refractivity contribution in [3.8, 4) is 11.6 Å². The van der Waals surface area contributed by atoms with Crippen LogP contribution in [-0.4, -0.2) is 64.6 Å². The van der Waals surface area contributed by atoms with Crippen LogP contribution in [-0.2, 0) is 25.5 Å². The number of para-hydroxylation sites is 1. The lowest BCUT2D eigenvalue weighted by molar-refractivity contribution is -0.168. The number of hydrogen-bond donors (Lipinski definition) is 0. The van der Waals surface area contributed by atoms with Gasteiger partial charge in [0.15, 0.2) is 0 Å². The van der Waals surface area contributed by atoms with E-state index in [1.165, 1.54) is 0 Å². The maximum Gasteiger partial charge on any atom is 0.424 e. The highest BCUT2D eigenvalue weighted by Crippen LogP contribution is 2.43. The van der Waals surface area contributed by atoms with Crippen LogP contribution in [0.5, 0.6) is 5.88 Å². The first-order valence-electron chi connectivity index (χ1n) is 11.0. The largest absolute Gasteiger partial charge is 0.453 e. The van der Waals surface area contributed by atoms with Gasteiger partial charge in [-0.05, 0) is 51.8 Å². The van der Waals surface area contributed by atoms with Crippen LogP contribution in [0, 0.1) is 0 Å². The number of rotatable bonds is 4. The molecule has 4 atom stereocenters. The van der Waals surface area contributed by atoms with E-state index in [1.54, 1.807) is 0 Å². The molecule has 0 radical (unpaired) electrons. The highest BCUT2D eigenvalue weighted by atomic mass is 16.6. The van der Waals surface area contributed by atoms with Crippen LogP contribution in [0.15, 0.2) is 30.3 Å². The van der Waals surface area contributed by atoms with Gasteiger partial charge in [0.25, 0.3) is 0 Å². The molecule has 8 heteroatoms. The number of morpholine rings is 1. The Hall–Kier alpha value is -2.71. The van der Waals surface area contributed by atoms with Gasteiger partial charge in [0.2, 0.25) is 5.88 Å². The summed E-state index contributed by atoms with van der Waals surface area (Å²) in [6.45, 7) is 6.77. The van der Waals surface area contributed by atoms with Crippen molar-refractivity contribution in [1.82, 2.24) is 14.7 Å². The number of nitrogens with zero attached hydrogens (tertiary/aromatic N) is 3. The summed E-state index contributed by atoms with van der Waals surface area (Å²) < 4.78 is 18.7. The van der Waals surface area contributed by atoms with Crippen molar-refractivity contribution < 1.29 is 23.8 Å². The lowest BCUT2D eigenvalue weighted by Crippen LogP contribution is -2.46. The summed E-state index contributed by atoms with van der Waals surface area (Å²) in [5, 5.41) is 4.61. The van der Waals surface area contributed by atoms with Crippen LogP contribution in [0.1, 0.15) is 43.9 Å². The minimum atomic E-state index is -1.01. The summed E-state index contributed by atoms with van der Waals surface area (Å²) >= 11 is 0. The maximum absolute atomic E-state index is 12.2. The third kappa shape index (κ3) is 3.85. The molecule has 0 amide bonds. The van der Waals surface area contributed by atoms with Gasteiger partial charge >= 0.3 is 11.9 Å². The molecule has 2 aliphatic heterocycles. The van der Waals surface area contributed by atoms with Crippen molar-refractivity contribution in [2.24, 2.45) is 0 Å². The normalized spacial score (nSPS) is 28.5. The number of ether oxygens (including phenoxy) is 3. The van der Waals surface area contributed by atoms with Gasteiger partial charge in [-0.25, -0.2) is 14.3 Å². The zero-order valence-electron chi connectivity index (χ0n) is 17.8. The number of benzene rings is 1.